The fourth-order valence-corrected chi connectivity index (χ4v) is 4.04. The number of azide groups is 1. The van der Waals surface area contributed by atoms with Crippen LogP contribution in [0.4, 0.5) is 5.69 Å². The number of benzene rings is 3. The van der Waals surface area contributed by atoms with Crippen molar-refractivity contribution in [3.8, 4) is 11.5 Å². The van der Waals surface area contributed by atoms with Gasteiger partial charge in [0.15, 0.2) is 5.54 Å². The van der Waals surface area contributed by atoms with Crippen LogP contribution in [0.3, 0.4) is 0 Å². The molecule has 0 fully saturated rings. The summed E-state index contributed by atoms with van der Waals surface area (Å²) in [5, 5.41) is 15.7. The average Bonchev–Trinajstić information content (AvgIpc) is 3.39. The van der Waals surface area contributed by atoms with Crippen LogP contribution >= 0.6 is 0 Å². The minimum Gasteiger partial charge on any atom is -0.497 e. The first-order chi connectivity index (χ1) is 18.6. The number of amides is 1. The molecule has 0 saturated carbocycles. The number of nitrogens with one attached hydrogen (secondary N) is 1. The van der Waals surface area contributed by atoms with E-state index in [9.17, 15) is 4.79 Å². The monoisotopic (exact) mass is 515 g/mol. The van der Waals surface area contributed by atoms with Crippen LogP contribution in [-0.2, 0) is 22.5 Å². The maximum Gasteiger partial charge on any atom is 0.252 e. The quantitative estimate of drug-likeness (QED) is 0.159. The van der Waals surface area contributed by atoms with Gasteiger partial charge in [-0.2, -0.15) is 0 Å². The van der Waals surface area contributed by atoms with Crippen molar-refractivity contribution in [2.75, 3.05) is 26.9 Å². The van der Waals surface area contributed by atoms with Gasteiger partial charge in [-0.15, -0.1) is 0 Å². The van der Waals surface area contributed by atoms with Gasteiger partial charge in [-0.3, -0.25) is 4.79 Å². The number of rotatable bonds is 12. The van der Waals surface area contributed by atoms with Gasteiger partial charge in [0.2, 0.25) is 5.90 Å². The third-order valence-electron chi connectivity index (χ3n) is 6.10. The van der Waals surface area contributed by atoms with E-state index in [1.807, 2.05) is 48.5 Å². The molecule has 0 saturated heterocycles. The lowest BCUT2D eigenvalue weighted by molar-refractivity contribution is -0.126. The lowest BCUT2D eigenvalue weighted by Gasteiger charge is -2.24. The van der Waals surface area contributed by atoms with Crippen LogP contribution in [0.2, 0.25) is 0 Å². The molecule has 0 aliphatic carbocycles. The van der Waals surface area contributed by atoms with Gasteiger partial charge >= 0.3 is 0 Å². The van der Waals surface area contributed by atoms with E-state index in [1.54, 1.807) is 31.4 Å². The molecule has 3 aromatic rings. The maximum atomic E-state index is 13.6. The standard InChI is InChI=1S/C28H29N5O5/c1-36-23-11-7-20(8-12-23)18-30-27(35)28(17-22-5-2-3-6-25(22)32-33-29)19-38-26(31-28)21-9-13-24(14-10-21)37-16-4-15-34/h2-3,5-14,34H,4,15-19H2,1H3,(H,30,35)/t28-/m1/s1. The Morgan fingerprint density at radius 2 is 1.87 bits per heavy atom. The van der Waals surface area contributed by atoms with E-state index in [4.69, 9.17) is 29.8 Å². The number of carbonyl (C=O) groups excluding carboxylic acids is 1. The largest absolute Gasteiger partial charge is 0.497 e. The zero-order chi connectivity index (χ0) is 26.8. The molecule has 1 atom stereocenters. The molecular formula is C28H29N5O5. The van der Waals surface area contributed by atoms with Crippen LogP contribution in [0.1, 0.15) is 23.1 Å². The van der Waals surface area contributed by atoms with E-state index in [0.29, 0.717) is 48.0 Å². The minimum absolute atomic E-state index is 0.0239. The highest BCUT2D eigenvalue weighted by Crippen LogP contribution is 2.31. The van der Waals surface area contributed by atoms with Crippen molar-refractivity contribution >= 4 is 17.5 Å². The summed E-state index contributed by atoms with van der Waals surface area (Å²) in [5.41, 5.74) is 10.5. The van der Waals surface area contributed by atoms with Crippen LogP contribution in [0.5, 0.6) is 11.5 Å². The number of aliphatic imine (C=N–C) groups is 1. The minimum atomic E-state index is -1.26. The predicted molar refractivity (Wildman–Crippen MR) is 143 cm³/mol. The number of hydrogen-bond donors (Lipinski definition) is 2. The summed E-state index contributed by atoms with van der Waals surface area (Å²) in [4.78, 5) is 21.4. The summed E-state index contributed by atoms with van der Waals surface area (Å²) in [5.74, 6) is 1.43. The molecule has 10 heteroatoms. The molecule has 38 heavy (non-hydrogen) atoms. The van der Waals surface area contributed by atoms with E-state index < -0.39 is 5.54 Å². The van der Waals surface area contributed by atoms with Crippen molar-refractivity contribution in [3.05, 3.63) is 99.9 Å². The van der Waals surface area contributed by atoms with Gasteiger partial charge in [0.25, 0.3) is 5.91 Å². The number of nitrogens with zero attached hydrogens (tertiary/aromatic N) is 4. The Morgan fingerprint density at radius 1 is 1.13 bits per heavy atom. The van der Waals surface area contributed by atoms with Gasteiger partial charge in [0.1, 0.15) is 18.1 Å². The van der Waals surface area contributed by atoms with Crippen molar-refractivity contribution in [3.63, 3.8) is 0 Å². The van der Waals surface area contributed by atoms with Crippen molar-refractivity contribution in [1.82, 2.24) is 5.32 Å². The summed E-state index contributed by atoms with van der Waals surface area (Å²) < 4.78 is 16.8. The molecule has 1 aliphatic rings. The Hall–Kier alpha value is -4.53. The fourth-order valence-electron chi connectivity index (χ4n) is 4.04. The topological polar surface area (TPSA) is 138 Å². The highest BCUT2D eigenvalue weighted by Gasteiger charge is 2.44. The second-order valence-corrected chi connectivity index (χ2v) is 8.71. The van der Waals surface area contributed by atoms with Crippen molar-refractivity contribution in [1.29, 1.82) is 0 Å². The molecule has 0 spiro atoms. The Kier molecular flexibility index (Phi) is 8.81. The van der Waals surface area contributed by atoms with E-state index in [1.165, 1.54) is 0 Å². The lowest BCUT2D eigenvalue weighted by atomic mass is 9.90. The van der Waals surface area contributed by atoms with E-state index in [-0.39, 0.29) is 25.5 Å². The zero-order valence-electron chi connectivity index (χ0n) is 21.0. The molecule has 1 heterocycles. The molecule has 0 unspecified atom stereocenters. The van der Waals surface area contributed by atoms with Crippen LogP contribution in [0, 0.1) is 0 Å². The first kappa shape index (κ1) is 26.5. The number of ether oxygens (including phenoxy) is 3. The molecule has 3 aromatic carbocycles. The highest BCUT2D eigenvalue weighted by atomic mass is 16.5. The fraction of sp³-hybridized carbons (Fsp3) is 0.286. The molecule has 0 radical (unpaired) electrons. The van der Waals surface area contributed by atoms with Crippen molar-refractivity contribution in [2.24, 2.45) is 10.1 Å². The molecule has 4 rings (SSSR count). The molecule has 0 bridgehead atoms. The van der Waals surface area contributed by atoms with Crippen LogP contribution in [-0.4, -0.2) is 49.4 Å². The molecular weight excluding hydrogens is 486 g/mol. The van der Waals surface area contributed by atoms with E-state index in [2.05, 4.69) is 15.3 Å². The zero-order valence-corrected chi connectivity index (χ0v) is 21.0. The Balaban J connectivity index is 1.59. The van der Waals surface area contributed by atoms with E-state index in [0.717, 1.165) is 11.3 Å². The normalized spacial score (nSPS) is 16.1. The summed E-state index contributed by atoms with van der Waals surface area (Å²) in [7, 11) is 1.60. The number of aliphatic hydroxyl groups is 1. The number of methoxy groups -OCH3 is 1. The summed E-state index contributed by atoms with van der Waals surface area (Å²) in [6.07, 6.45) is 0.728. The van der Waals surface area contributed by atoms with Gasteiger partial charge in [-0.1, -0.05) is 41.5 Å². The average molecular weight is 516 g/mol. The molecule has 10 nitrogen and oxygen atoms in total. The van der Waals surface area contributed by atoms with E-state index >= 15 is 0 Å². The second-order valence-electron chi connectivity index (χ2n) is 8.71. The molecule has 1 amide bonds. The molecule has 0 aromatic heterocycles. The van der Waals surface area contributed by atoms with Crippen LogP contribution in [0.15, 0.2) is 82.9 Å². The van der Waals surface area contributed by atoms with Gasteiger partial charge in [-0.05, 0) is 53.1 Å². The molecule has 1 aliphatic heterocycles. The number of carbonyl (C=O) groups is 1. The third kappa shape index (κ3) is 6.42. The molecule has 196 valence electrons. The number of hydrogen-bond acceptors (Lipinski definition) is 7. The Labute approximate surface area is 220 Å². The smallest absolute Gasteiger partial charge is 0.252 e. The second kappa shape index (κ2) is 12.6. The maximum absolute atomic E-state index is 13.6. The van der Waals surface area contributed by atoms with Crippen molar-refractivity contribution < 1.29 is 24.1 Å². The van der Waals surface area contributed by atoms with Crippen molar-refractivity contribution in [2.45, 2.75) is 24.9 Å². The number of aliphatic hydroxyl groups excluding tert-OH is 1. The predicted octanol–water partition coefficient (Wildman–Crippen LogP) is 4.47. The molecule has 2 N–H and O–H groups in total. The third-order valence-corrected chi connectivity index (χ3v) is 6.10. The Morgan fingerprint density at radius 3 is 2.58 bits per heavy atom. The van der Waals surface area contributed by atoms with Gasteiger partial charge in [0.05, 0.1) is 13.7 Å². The first-order valence-electron chi connectivity index (χ1n) is 12.2. The van der Waals surface area contributed by atoms with Gasteiger partial charge in [-0.25, -0.2) is 4.99 Å². The summed E-state index contributed by atoms with van der Waals surface area (Å²) in [6.45, 7) is 0.799. The van der Waals surface area contributed by atoms with Gasteiger partial charge < -0.3 is 24.6 Å². The Bertz CT molecular complexity index is 1320. The van der Waals surface area contributed by atoms with Crippen LogP contribution in [0.25, 0.3) is 10.4 Å². The van der Waals surface area contributed by atoms with Crippen LogP contribution < -0.4 is 14.8 Å². The lowest BCUT2D eigenvalue weighted by Crippen LogP contribution is -2.48. The summed E-state index contributed by atoms with van der Waals surface area (Å²) in [6, 6.07) is 21.7. The SMILES string of the molecule is COc1ccc(CNC(=O)[C@@]2(Cc3ccccc3N=[N+]=[N-])COC(c3ccc(OCCCO)cc3)=N2)cc1. The summed E-state index contributed by atoms with van der Waals surface area (Å²) >= 11 is 0. The van der Waals surface area contributed by atoms with Gasteiger partial charge in [0, 0.05) is 42.2 Å². The first-order valence-corrected chi connectivity index (χ1v) is 12.2. The highest BCUT2D eigenvalue weighted by molar-refractivity contribution is 6.00.